The average molecular weight is 251 g/mol. The molecule has 0 aliphatic carbocycles. The maximum absolute atomic E-state index is 4.13. The van der Waals surface area contributed by atoms with E-state index in [1.165, 1.54) is 16.7 Å². The molecule has 0 saturated carbocycles. The van der Waals surface area contributed by atoms with Crippen molar-refractivity contribution >= 4 is 12.8 Å². The number of nitrogens with one attached hydrogen (secondary N) is 1. The van der Waals surface area contributed by atoms with Crippen LogP contribution in [-0.4, -0.2) is 0 Å². The van der Waals surface area contributed by atoms with Gasteiger partial charge in [-0.2, -0.15) is 0 Å². The Morgan fingerprint density at radius 2 is 1.59 bits per heavy atom. The zero-order valence-corrected chi connectivity index (χ0v) is 12.8. The van der Waals surface area contributed by atoms with Crippen molar-refractivity contribution < 1.29 is 0 Å². The minimum atomic E-state index is 0.177. The molecule has 0 aromatic heterocycles. The summed E-state index contributed by atoms with van der Waals surface area (Å²) >= 11 is 4.13. The van der Waals surface area contributed by atoms with Crippen LogP contribution in [-0.2, 0) is 17.4 Å². The second-order valence-electron chi connectivity index (χ2n) is 6.71. The van der Waals surface area contributed by atoms with E-state index in [0.29, 0.717) is 0 Å². The molecular weight excluding hydrogens is 226 g/mol. The molecule has 0 heterocycles. The first-order valence-electron chi connectivity index (χ1n) is 6.17. The molecule has 1 aromatic carbocycles. The second-order valence-corrected chi connectivity index (χ2v) is 7.02. The molecule has 2 heteroatoms. The van der Waals surface area contributed by atoms with Gasteiger partial charge in [0.25, 0.3) is 0 Å². The van der Waals surface area contributed by atoms with Crippen LogP contribution in [0.4, 0.5) is 0 Å². The average Bonchev–Trinajstić information content (AvgIpc) is 2.15. The van der Waals surface area contributed by atoms with E-state index in [-0.39, 0.29) is 10.8 Å². The van der Waals surface area contributed by atoms with Crippen LogP contribution in [0.3, 0.4) is 0 Å². The Bertz CT molecular complexity index is 383. The maximum Gasteiger partial charge on any atom is 0.0310 e. The van der Waals surface area contributed by atoms with Gasteiger partial charge in [-0.25, -0.2) is 0 Å². The molecule has 0 bridgehead atoms. The predicted molar refractivity (Wildman–Crippen MR) is 79.7 cm³/mol. The molecule has 1 nitrogen and oxygen atoms in total. The molecular formula is C15H25NS. The van der Waals surface area contributed by atoms with Crippen molar-refractivity contribution in [1.29, 1.82) is 0 Å². The molecule has 0 spiro atoms. The SMILES string of the molecule is CC(C)(C)c1ccc(C(C)(C)C)c(CNS)c1. The van der Waals surface area contributed by atoms with E-state index in [1.807, 2.05) is 0 Å². The lowest BCUT2D eigenvalue weighted by Gasteiger charge is -2.26. The molecule has 0 fully saturated rings. The van der Waals surface area contributed by atoms with Crippen LogP contribution in [0.15, 0.2) is 18.2 Å². The lowest BCUT2D eigenvalue weighted by Crippen LogP contribution is -2.19. The lowest BCUT2D eigenvalue weighted by atomic mass is 9.79. The smallest absolute Gasteiger partial charge is 0.0310 e. The monoisotopic (exact) mass is 251 g/mol. The van der Waals surface area contributed by atoms with E-state index >= 15 is 0 Å². The van der Waals surface area contributed by atoms with Crippen molar-refractivity contribution in [3.63, 3.8) is 0 Å². The molecule has 0 amide bonds. The van der Waals surface area contributed by atoms with Gasteiger partial charge in [0.05, 0.1) is 0 Å². The van der Waals surface area contributed by atoms with Gasteiger partial charge in [0.1, 0.15) is 0 Å². The second kappa shape index (κ2) is 5.03. The first kappa shape index (κ1) is 14.6. The first-order valence-corrected chi connectivity index (χ1v) is 6.62. The van der Waals surface area contributed by atoms with Gasteiger partial charge < -0.3 is 0 Å². The highest BCUT2D eigenvalue weighted by Gasteiger charge is 2.20. The molecule has 0 saturated heterocycles. The first-order chi connectivity index (χ1) is 7.66. The van der Waals surface area contributed by atoms with Crippen LogP contribution in [0.2, 0.25) is 0 Å². The maximum atomic E-state index is 4.13. The molecule has 96 valence electrons. The van der Waals surface area contributed by atoms with E-state index < -0.39 is 0 Å². The van der Waals surface area contributed by atoms with E-state index in [0.717, 1.165) is 6.54 Å². The van der Waals surface area contributed by atoms with Crippen molar-refractivity contribution in [2.75, 3.05) is 0 Å². The summed E-state index contributed by atoms with van der Waals surface area (Å²) in [6.07, 6.45) is 0. The van der Waals surface area contributed by atoms with Gasteiger partial charge in [-0.3, -0.25) is 4.72 Å². The van der Waals surface area contributed by atoms with Crippen molar-refractivity contribution in [3.8, 4) is 0 Å². The Morgan fingerprint density at radius 3 is 2.00 bits per heavy atom. The van der Waals surface area contributed by atoms with Gasteiger partial charge in [-0.05, 0) is 27.5 Å². The third-order valence-corrected chi connectivity index (χ3v) is 3.21. The van der Waals surface area contributed by atoms with Gasteiger partial charge in [-0.15, -0.1) is 0 Å². The largest absolute Gasteiger partial charge is 0.262 e. The summed E-state index contributed by atoms with van der Waals surface area (Å²) in [7, 11) is 0. The fourth-order valence-electron chi connectivity index (χ4n) is 2.02. The lowest BCUT2D eigenvalue weighted by molar-refractivity contribution is 0.569. The number of benzene rings is 1. The summed E-state index contributed by atoms with van der Waals surface area (Å²) in [5.74, 6) is 0. The summed E-state index contributed by atoms with van der Waals surface area (Å²) < 4.78 is 2.97. The molecule has 1 rings (SSSR count). The Labute approximate surface area is 112 Å². The Hall–Kier alpha value is -0.470. The quantitative estimate of drug-likeness (QED) is 0.750. The highest BCUT2D eigenvalue weighted by Crippen LogP contribution is 2.30. The number of rotatable bonds is 2. The van der Waals surface area contributed by atoms with Crippen molar-refractivity contribution in [1.82, 2.24) is 4.72 Å². The van der Waals surface area contributed by atoms with E-state index in [1.54, 1.807) is 0 Å². The van der Waals surface area contributed by atoms with Crippen LogP contribution in [0.1, 0.15) is 58.2 Å². The van der Waals surface area contributed by atoms with E-state index in [9.17, 15) is 0 Å². The fourth-order valence-corrected chi connectivity index (χ4v) is 2.19. The third kappa shape index (κ3) is 3.75. The summed E-state index contributed by atoms with van der Waals surface area (Å²) in [5, 5.41) is 0. The molecule has 1 aromatic rings. The van der Waals surface area contributed by atoms with Crippen LogP contribution in [0.25, 0.3) is 0 Å². The van der Waals surface area contributed by atoms with Crippen LogP contribution < -0.4 is 4.72 Å². The predicted octanol–water partition coefficient (Wildman–Crippen LogP) is 4.22. The molecule has 17 heavy (non-hydrogen) atoms. The molecule has 0 aliphatic heterocycles. The van der Waals surface area contributed by atoms with Crippen LogP contribution >= 0.6 is 12.8 Å². The summed E-state index contributed by atoms with van der Waals surface area (Å²) in [5.41, 5.74) is 4.49. The zero-order valence-electron chi connectivity index (χ0n) is 11.9. The minimum Gasteiger partial charge on any atom is -0.262 e. The van der Waals surface area contributed by atoms with Gasteiger partial charge in [-0.1, -0.05) is 72.6 Å². The summed E-state index contributed by atoms with van der Waals surface area (Å²) in [4.78, 5) is 0. The van der Waals surface area contributed by atoms with E-state index in [4.69, 9.17) is 0 Å². The highest BCUT2D eigenvalue weighted by atomic mass is 32.1. The third-order valence-electron chi connectivity index (χ3n) is 3.05. The van der Waals surface area contributed by atoms with Crippen molar-refractivity contribution in [2.45, 2.75) is 58.9 Å². The Kier molecular flexibility index (Phi) is 4.32. The number of hydrogen-bond acceptors (Lipinski definition) is 2. The van der Waals surface area contributed by atoms with Gasteiger partial charge in [0.2, 0.25) is 0 Å². The zero-order chi connectivity index (χ0) is 13.3. The minimum absolute atomic E-state index is 0.177. The molecule has 1 N–H and O–H groups in total. The highest BCUT2D eigenvalue weighted by molar-refractivity contribution is 7.78. The number of hydrogen-bond donors (Lipinski definition) is 2. The molecule has 0 radical (unpaired) electrons. The molecule has 0 atom stereocenters. The van der Waals surface area contributed by atoms with Crippen molar-refractivity contribution in [3.05, 3.63) is 34.9 Å². The summed E-state index contributed by atoms with van der Waals surface area (Å²) in [6, 6.07) is 6.83. The van der Waals surface area contributed by atoms with Gasteiger partial charge >= 0.3 is 0 Å². The normalized spacial score (nSPS) is 12.9. The summed E-state index contributed by atoms with van der Waals surface area (Å²) in [6.45, 7) is 14.3. The molecule has 0 aliphatic rings. The van der Waals surface area contributed by atoms with Gasteiger partial charge in [0.15, 0.2) is 0 Å². The van der Waals surface area contributed by atoms with E-state index in [2.05, 4.69) is 77.3 Å². The Balaban J connectivity index is 3.27. The van der Waals surface area contributed by atoms with Crippen molar-refractivity contribution in [2.24, 2.45) is 0 Å². The van der Waals surface area contributed by atoms with Crippen LogP contribution in [0, 0.1) is 0 Å². The fraction of sp³-hybridized carbons (Fsp3) is 0.600. The standard InChI is InChI=1S/C15H25NS/c1-14(2,3)12-7-8-13(15(4,5)6)11(9-12)10-16-17/h7-9,16-17H,10H2,1-6H3. The van der Waals surface area contributed by atoms with Crippen LogP contribution in [0.5, 0.6) is 0 Å². The number of thiol groups is 1. The topological polar surface area (TPSA) is 12.0 Å². The Morgan fingerprint density at radius 1 is 1.00 bits per heavy atom. The molecule has 0 unspecified atom stereocenters. The van der Waals surface area contributed by atoms with Gasteiger partial charge in [0, 0.05) is 6.54 Å².